The Kier molecular flexibility index (Phi) is 5.90. The summed E-state index contributed by atoms with van der Waals surface area (Å²) in [6, 6.07) is 4.85. The van der Waals surface area contributed by atoms with E-state index >= 15 is 0 Å². The van der Waals surface area contributed by atoms with Gasteiger partial charge in [0.1, 0.15) is 11.3 Å². The lowest BCUT2D eigenvalue weighted by Gasteiger charge is -2.29. The van der Waals surface area contributed by atoms with Gasteiger partial charge in [0.2, 0.25) is 5.56 Å². The third-order valence-electron chi connectivity index (χ3n) is 6.38. The number of ether oxygens (including phenoxy) is 1. The smallest absolute Gasteiger partial charge is 0.330 e. The number of aromatic nitrogens is 4. The lowest BCUT2D eigenvalue weighted by Crippen LogP contribution is -2.39. The number of carbonyl (C=O) groups is 1. The highest BCUT2D eigenvalue weighted by atomic mass is 16.5. The van der Waals surface area contributed by atoms with Crippen molar-refractivity contribution in [2.45, 2.75) is 52.1 Å². The summed E-state index contributed by atoms with van der Waals surface area (Å²) >= 11 is 0. The van der Waals surface area contributed by atoms with E-state index in [2.05, 4.69) is 15.3 Å². The van der Waals surface area contributed by atoms with Crippen LogP contribution in [0.1, 0.15) is 47.4 Å². The Bertz CT molecular complexity index is 1280. The minimum absolute atomic E-state index is 0.0770. The van der Waals surface area contributed by atoms with Gasteiger partial charge in [0.05, 0.1) is 12.7 Å². The number of aryl methyl sites for hydroxylation is 3. The van der Waals surface area contributed by atoms with Gasteiger partial charge >= 0.3 is 5.69 Å². The Morgan fingerprint density at radius 1 is 1.22 bits per heavy atom. The molecule has 1 saturated carbocycles. The molecule has 1 aliphatic carbocycles. The maximum absolute atomic E-state index is 12.9. The van der Waals surface area contributed by atoms with Gasteiger partial charge in [-0.3, -0.25) is 18.7 Å². The minimum Gasteiger partial charge on any atom is -0.494 e. The predicted molar refractivity (Wildman–Crippen MR) is 121 cm³/mol. The standard InChI is InChI=1S/C23H29N5O4/c1-13-11-18(32-4)20-21(24-13)27(3)23(31)28(20)12-15-5-7-16(8-6-15)26-22(30)17-9-10-19(29)25-14(17)2/h9-11,15-16H,5-8,12H2,1-4H3,(H,25,29)(H,26,30). The van der Waals surface area contributed by atoms with E-state index in [0.29, 0.717) is 35.1 Å². The fourth-order valence-corrected chi connectivity index (χ4v) is 4.63. The van der Waals surface area contributed by atoms with Crippen molar-refractivity contribution in [3.05, 3.63) is 56.0 Å². The lowest BCUT2D eigenvalue weighted by molar-refractivity contribution is 0.0919. The van der Waals surface area contributed by atoms with Gasteiger partial charge in [-0.1, -0.05) is 0 Å². The van der Waals surface area contributed by atoms with E-state index in [1.165, 1.54) is 6.07 Å². The second-order valence-corrected chi connectivity index (χ2v) is 8.64. The molecule has 0 atom stereocenters. The molecule has 0 unspecified atom stereocenters. The summed E-state index contributed by atoms with van der Waals surface area (Å²) in [4.78, 5) is 44.1. The average Bonchev–Trinajstić information content (AvgIpc) is 2.99. The zero-order valence-electron chi connectivity index (χ0n) is 18.9. The highest BCUT2D eigenvalue weighted by Crippen LogP contribution is 2.29. The maximum Gasteiger partial charge on any atom is 0.330 e. The van der Waals surface area contributed by atoms with Crippen LogP contribution >= 0.6 is 0 Å². The first-order valence-corrected chi connectivity index (χ1v) is 10.9. The van der Waals surface area contributed by atoms with E-state index in [1.54, 1.807) is 36.3 Å². The third kappa shape index (κ3) is 4.06. The molecule has 170 valence electrons. The van der Waals surface area contributed by atoms with Gasteiger partial charge in [-0.15, -0.1) is 0 Å². The summed E-state index contributed by atoms with van der Waals surface area (Å²) in [5, 5.41) is 3.09. The van der Waals surface area contributed by atoms with Gasteiger partial charge in [-0.05, 0) is 51.5 Å². The molecule has 1 aliphatic rings. The van der Waals surface area contributed by atoms with Gasteiger partial charge in [-0.25, -0.2) is 9.78 Å². The Hall–Kier alpha value is -3.36. The highest BCUT2D eigenvalue weighted by molar-refractivity contribution is 5.95. The summed E-state index contributed by atoms with van der Waals surface area (Å²) in [6.45, 7) is 4.20. The van der Waals surface area contributed by atoms with Gasteiger partial charge < -0.3 is 15.0 Å². The fraction of sp³-hybridized carbons (Fsp3) is 0.478. The van der Waals surface area contributed by atoms with Crippen LogP contribution in [0.5, 0.6) is 5.75 Å². The number of imidazole rings is 1. The number of methoxy groups -OCH3 is 1. The summed E-state index contributed by atoms with van der Waals surface area (Å²) in [5.41, 5.74) is 2.90. The molecule has 0 spiro atoms. The Labute approximate surface area is 185 Å². The molecule has 9 nitrogen and oxygen atoms in total. The maximum atomic E-state index is 12.9. The van der Waals surface area contributed by atoms with E-state index in [1.807, 2.05) is 13.0 Å². The van der Waals surface area contributed by atoms with Gasteiger partial charge in [-0.2, -0.15) is 0 Å². The molecule has 3 heterocycles. The van der Waals surface area contributed by atoms with Crippen LogP contribution in [-0.4, -0.2) is 38.2 Å². The van der Waals surface area contributed by atoms with Crippen LogP contribution in [0.4, 0.5) is 0 Å². The zero-order chi connectivity index (χ0) is 23.0. The van der Waals surface area contributed by atoms with Crippen LogP contribution in [0, 0.1) is 19.8 Å². The quantitative estimate of drug-likeness (QED) is 0.632. The largest absolute Gasteiger partial charge is 0.494 e. The molecule has 0 aliphatic heterocycles. The second-order valence-electron chi connectivity index (χ2n) is 8.64. The molecule has 0 saturated heterocycles. The molecule has 0 radical (unpaired) electrons. The van der Waals surface area contributed by atoms with Crippen molar-refractivity contribution in [1.82, 2.24) is 24.4 Å². The Morgan fingerprint density at radius 2 is 1.94 bits per heavy atom. The molecule has 1 amide bonds. The molecule has 1 fully saturated rings. The lowest BCUT2D eigenvalue weighted by atomic mass is 9.85. The first-order chi connectivity index (χ1) is 15.3. The normalized spacial score (nSPS) is 18.6. The van der Waals surface area contributed by atoms with Crippen molar-refractivity contribution >= 4 is 17.1 Å². The van der Waals surface area contributed by atoms with Crippen molar-refractivity contribution < 1.29 is 9.53 Å². The van der Waals surface area contributed by atoms with Gasteiger partial charge in [0.25, 0.3) is 5.91 Å². The first kappa shape index (κ1) is 21.9. The molecule has 3 aromatic rings. The zero-order valence-corrected chi connectivity index (χ0v) is 18.9. The van der Waals surface area contributed by atoms with Gasteiger partial charge in [0, 0.05) is 43.2 Å². The van der Waals surface area contributed by atoms with E-state index in [4.69, 9.17) is 4.74 Å². The van der Waals surface area contributed by atoms with Crippen LogP contribution in [0.2, 0.25) is 0 Å². The number of nitrogens with one attached hydrogen (secondary N) is 2. The molecule has 0 aromatic carbocycles. The summed E-state index contributed by atoms with van der Waals surface area (Å²) in [5.74, 6) is 0.813. The van der Waals surface area contributed by atoms with Crippen LogP contribution < -0.4 is 21.3 Å². The number of fused-ring (bicyclic) bond motifs is 1. The SMILES string of the molecule is COc1cc(C)nc2c1n(CC1CCC(NC(=O)c3ccc(=O)[nH]c3C)CC1)c(=O)n2C. The molecule has 32 heavy (non-hydrogen) atoms. The summed E-state index contributed by atoms with van der Waals surface area (Å²) in [7, 11) is 3.34. The highest BCUT2D eigenvalue weighted by Gasteiger charge is 2.26. The van der Waals surface area contributed by atoms with Crippen molar-refractivity contribution in [2.24, 2.45) is 13.0 Å². The molecule has 9 heteroatoms. The van der Waals surface area contributed by atoms with Crippen LogP contribution in [-0.2, 0) is 13.6 Å². The third-order valence-corrected chi connectivity index (χ3v) is 6.38. The number of nitrogens with zero attached hydrogens (tertiary/aromatic N) is 3. The van der Waals surface area contributed by atoms with Crippen LogP contribution in [0.15, 0.2) is 27.8 Å². The molecular weight excluding hydrogens is 410 g/mol. The number of pyridine rings is 2. The number of carbonyl (C=O) groups excluding carboxylic acids is 1. The predicted octanol–water partition coefficient (Wildman–Crippen LogP) is 2.04. The summed E-state index contributed by atoms with van der Waals surface area (Å²) < 4.78 is 8.89. The van der Waals surface area contributed by atoms with Crippen molar-refractivity contribution in [3.63, 3.8) is 0 Å². The molecule has 2 N–H and O–H groups in total. The van der Waals surface area contributed by atoms with Crippen LogP contribution in [0.3, 0.4) is 0 Å². The number of rotatable bonds is 5. The van der Waals surface area contributed by atoms with Crippen molar-refractivity contribution in [3.8, 4) is 5.75 Å². The fourth-order valence-electron chi connectivity index (χ4n) is 4.63. The summed E-state index contributed by atoms with van der Waals surface area (Å²) in [6.07, 6.45) is 3.49. The number of aromatic amines is 1. The van der Waals surface area contributed by atoms with E-state index in [-0.39, 0.29) is 23.2 Å². The van der Waals surface area contributed by atoms with Crippen LogP contribution in [0.25, 0.3) is 11.2 Å². The number of hydrogen-bond acceptors (Lipinski definition) is 5. The first-order valence-electron chi connectivity index (χ1n) is 10.9. The van der Waals surface area contributed by atoms with E-state index < -0.39 is 0 Å². The van der Waals surface area contributed by atoms with E-state index in [9.17, 15) is 14.4 Å². The van der Waals surface area contributed by atoms with Crippen molar-refractivity contribution in [1.29, 1.82) is 0 Å². The molecule has 4 rings (SSSR count). The number of H-pyrrole nitrogens is 1. The van der Waals surface area contributed by atoms with E-state index in [0.717, 1.165) is 36.9 Å². The average molecular weight is 440 g/mol. The van der Waals surface area contributed by atoms with Crippen molar-refractivity contribution in [2.75, 3.05) is 7.11 Å². The monoisotopic (exact) mass is 439 g/mol. The number of amides is 1. The van der Waals surface area contributed by atoms with Gasteiger partial charge in [0.15, 0.2) is 5.65 Å². The minimum atomic E-state index is -0.217. The second kappa shape index (κ2) is 8.64. The molecule has 3 aromatic heterocycles. The topological polar surface area (TPSA) is 111 Å². The Balaban J connectivity index is 1.45. The number of hydrogen-bond donors (Lipinski definition) is 2. The molecular formula is C23H29N5O4. The Morgan fingerprint density at radius 3 is 2.59 bits per heavy atom. The molecule has 0 bridgehead atoms.